The fraction of sp³-hybridized carbons (Fsp3) is 0.381. The number of carbonyl (C=O) groups is 1. The number of likely N-dealkylation sites (tertiary alicyclic amines) is 1. The van der Waals surface area contributed by atoms with Crippen molar-refractivity contribution >= 4 is 5.91 Å². The molecule has 0 aliphatic carbocycles. The largest absolute Gasteiger partial charge is 0.355 e. The van der Waals surface area contributed by atoms with Crippen LogP contribution in [0.25, 0.3) is 11.3 Å². The second-order valence-corrected chi connectivity index (χ2v) is 7.08. The van der Waals surface area contributed by atoms with Crippen molar-refractivity contribution in [1.82, 2.24) is 19.6 Å². The molecule has 0 saturated carbocycles. The number of nitrogens with zero attached hydrogens (tertiary/aromatic N) is 4. The van der Waals surface area contributed by atoms with Gasteiger partial charge >= 0.3 is 0 Å². The Balaban J connectivity index is 1.47. The Morgan fingerprint density at radius 2 is 2.11 bits per heavy atom. The number of benzene rings is 1. The molecule has 0 bridgehead atoms. The Morgan fingerprint density at radius 1 is 1.26 bits per heavy atom. The number of aromatic nitrogens is 3. The monoisotopic (exact) mass is 364 g/mol. The van der Waals surface area contributed by atoms with Crippen LogP contribution in [-0.2, 0) is 13.5 Å². The maximum atomic E-state index is 13.1. The summed E-state index contributed by atoms with van der Waals surface area (Å²) in [5.74, 6) is 1.65. The van der Waals surface area contributed by atoms with Crippen LogP contribution >= 0.6 is 0 Å². The van der Waals surface area contributed by atoms with Crippen LogP contribution in [0.15, 0.2) is 53.3 Å². The third kappa shape index (κ3) is 3.79. The van der Waals surface area contributed by atoms with Gasteiger partial charge in [0.1, 0.15) is 5.82 Å². The van der Waals surface area contributed by atoms with Gasteiger partial charge in [-0.1, -0.05) is 35.5 Å². The van der Waals surface area contributed by atoms with E-state index in [2.05, 4.69) is 10.1 Å². The molecule has 6 nitrogen and oxygen atoms in total. The summed E-state index contributed by atoms with van der Waals surface area (Å²) in [5.41, 5.74) is 1.31. The summed E-state index contributed by atoms with van der Waals surface area (Å²) in [5, 5.41) is 4.04. The van der Waals surface area contributed by atoms with Gasteiger partial charge in [0.15, 0.2) is 11.5 Å². The van der Waals surface area contributed by atoms with Gasteiger partial charge in [0.2, 0.25) is 0 Å². The summed E-state index contributed by atoms with van der Waals surface area (Å²) >= 11 is 0. The standard InChI is InChI=1S/C21H24N4O2/c1-24-14-12-22-20(24)11-10-17-9-5-6-13-25(17)21(26)18-15-19(27-23-18)16-7-3-2-4-8-16/h2-4,7-8,12,14-15,17H,5-6,9-11,13H2,1H3/t17-/m1/s1. The number of carbonyl (C=O) groups excluding carboxylic acids is 1. The second kappa shape index (κ2) is 7.78. The van der Waals surface area contributed by atoms with Crippen molar-refractivity contribution in [3.05, 3.63) is 60.3 Å². The van der Waals surface area contributed by atoms with Gasteiger partial charge in [-0.05, 0) is 25.7 Å². The van der Waals surface area contributed by atoms with Gasteiger partial charge < -0.3 is 14.0 Å². The van der Waals surface area contributed by atoms with E-state index in [9.17, 15) is 4.79 Å². The molecule has 0 spiro atoms. The van der Waals surface area contributed by atoms with Crippen LogP contribution < -0.4 is 0 Å². The number of imidazole rings is 1. The van der Waals surface area contributed by atoms with Crippen LogP contribution in [0.3, 0.4) is 0 Å². The number of aryl methyl sites for hydroxylation is 2. The lowest BCUT2D eigenvalue weighted by atomic mass is 9.97. The smallest absolute Gasteiger partial charge is 0.276 e. The van der Waals surface area contributed by atoms with Gasteiger partial charge in [-0.25, -0.2) is 4.98 Å². The minimum absolute atomic E-state index is 0.0366. The second-order valence-electron chi connectivity index (χ2n) is 7.08. The topological polar surface area (TPSA) is 64.2 Å². The van der Waals surface area contributed by atoms with E-state index in [-0.39, 0.29) is 11.9 Å². The normalized spacial score (nSPS) is 17.2. The first-order valence-electron chi connectivity index (χ1n) is 9.51. The van der Waals surface area contributed by atoms with Crippen molar-refractivity contribution in [2.45, 2.75) is 38.1 Å². The highest BCUT2D eigenvalue weighted by atomic mass is 16.5. The first kappa shape index (κ1) is 17.5. The number of hydrogen-bond acceptors (Lipinski definition) is 4. The molecule has 2 aromatic heterocycles. The molecule has 1 aliphatic rings. The van der Waals surface area contributed by atoms with E-state index in [1.807, 2.05) is 59.2 Å². The van der Waals surface area contributed by atoms with Crippen LogP contribution in [0.2, 0.25) is 0 Å². The first-order valence-corrected chi connectivity index (χ1v) is 9.51. The average molecular weight is 364 g/mol. The maximum Gasteiger partial charge on any atom is 0.276 e. The average Bonchev–Trinajstić information content (AvgIpc) is 3.36. The molecule has 6 heteroatoms. The number of hydrogen-bond donors (Lipinski definition) is 0. The summed E-state index contributed by atoms with van der Waals surface area (Å²) < 4.78 is 7.46. The Kier molecular flexibility index (Phi) is 5.05. The molecule has 0 radical (unpaired) electrons. The zero-order valence-electron chi connectivity index (χ0n) is 15.5. The highest BCUT2D eigenvalue weighted by Gasteiger charge is 2.29. The minimum atomic E-state index is -0.0366. The van der Waals surface area contributed by atoms with Gasteiger partial charge in [-0.2, -0.15) is 0 Å². The Hall–Kier alpha value is -2.89. The lowest BCUT2D eigenvalue weighted by Crippen LogP contribution is -2.44. The molecule has 1 atom stereocenters. The Bertz CT molecular complexity index is 900. The number of rotatable bonds is 5. The lowest BCUT2D eigenvalue weighted by Gasteiger charge is -2.35. The lowest BCUT2D eigenvalue weighted by molar-refractivity contribution is 0.0590. The summed E-state index contributed by atoms with van der Waals surface area (Å²) in [6.45, 7) is 0.775. The van der Waals surface area contributed by atoms with Crippen LogP contribution in [0, 0.1) is 0 Å². The molecular formula is C21H24N4O2. The van der Waals surface area contributed by atoms with Crippen LogP contribution in [0.5, 0.6) is 0 Å². The molecule has 140 valence electrons. The Morgan fingerprint density at radius 3 is 2.89 bits per heavy atom. The molecule has 1 aromatic carbocycles. The third-order valence-electron chi connectivity index (χ3n) is 5.30. The van der Waals surface area contributed by atoms with E-state index >= 15 is 0 Å². The van der Waals surface area contributed by atoms with Crippen LogP contribution in [0.4, 0.5) is 0 Å². The third-order valence-corrected chi connectivity index (χ3v) is 5.30. The van der Waals surface area contributed by atoms with Crippen molar-refractivity contribution in [3.63, 3.8) is 0 Å². The molecule has 3 heterocycles. The molecule has 1 saturated heterocycles. The fourth-order valence-corrected chi connectivity index (χ4v) is 3.76. The zero-order chi connectivity index (χ0) is 18.6. The van der Waals surface area contributed by atoms with Crippen molar-refractivity contribution in [2.24, 2.45) is 7.05 Å². The van der Waals surface area contributed by atoms with Crippen molar-refractivity contribution in [3.8, 4) is 11.3 Å². The van der Waals surface area contributed by atoms with Gasteiger partial charge in [0, 0.05) is 50.1 Å². The van der Waals surface area contributed by atoms with Gasteiger partial charge in [-0.3, -0.25) is 4.79 Å². The molecule has 0 unspecified atom stereocenters. The van der Waals surface area contributed by atoms with Crippen LogP contribution in [-0.4, -0.2) is 38.1 Å². The molecule has 27 heavy (non-hydrogen) atoms. The maximum absolute atomic E-state index is 13.1. The first-order chi connectivity index (χ1) is 13.2. The van der Waals surface area contributed by atoms with Crippen molar-refractivity contribution < 1.29 is 9.32 Å². The van der Waals surface area contributed by atoms with Gasteiger partial charge in [0.25, 0.3) is 5.91 Å². The minimum Gasteiger partial charge on any atom is -0.355 e. The predicted molar refractivity (Wildman–Crippen MR) is 102 cm³/mol. The summed E-state index contributed by atoms with van der Waals surface area (Å²) in [4.78, 5) is 19.4. The zero-order valence-corrected chi connectivity index (χ0v) is 15.5. The van der Waals surface area contributed by atoms with Gasteiger partial charge in [-0.15, -0.1) is 0 Å². The summed E-state index contributed by atoms with van der Waals surface area (Å²) in [7, 11) is 2.01. The quantitative estimate of drug-likeness (QED) is 0.692. The number of piperidine rings is 1. The molecule has 1 fully saturated rings. The van der Waals surface area contributed by atoms with E-state index in [4.69, 9.17) is 4.52 Å². The van der Waals surface area contributed by atoms with Crippen molar-refractivity contribution in [2.75, 3.05) is 6.54 Å². The van der Waals surface area contributed by atoms with Crippen molar-refractivity contribution in [1.29, 1.82) is 0 Å². The molecule has 1 amide bonds. The molecule has 1 aliphatic heterocycles. The molecule has 0 N–H and O–H groups in total. The number of amides is 1. The Labute approximate surface area is 158 Å². The predicted octanol–water partition coefficient (Wildman–Crippen LogP) is 3.70. The van der Waals surface area contributed by atoms with E-state index in [0.29, 0.717) is 11.5 Å². The van der Waals surface area contributed by atoms with E-state index in [1.54, 1.807) is 6.07 Å². The van der Waals surface area contributed by atoms with Crippen LogP contribution in [0.1, 0.15) is 42.0 Å². The highest BCUT2D eigenvalue weighted by molar-refractivity contribution is 5.93. The molecular weight excluding hydrogens is 340 g/mol. The molecule has 4 rings (SSSR count). The fourth-order valence-electron chi connectivity index (χ4n) is 3.76. The highest BCUT2D eigenvalue weighted by Crippen LogP contribution is 2.25. The SMILES string of the molecule is Cn1ccnc1CC[C@H]1CCCCN1C(=O)c1cc(-c2ccccc2)on1. The van der Waals surface area contributed by atoms with E-state index in [0.717, 1.165) is 50.0 Å². The summed E-state index contributed by atoms with van der Waals surface area (Å²) in [6, 6.07) is 11.7. The summed E-state index contributed by atoms with van der Waals surface area (Å²) in [6.07, 6.45) is 8.78. The molecule has 3 aromatic rings. The van der Waals surface area contributed by atoms with E-state index in [1.165, 1.54) is 0 Å². The van der Waals surface area contributed by atoms with E-state index < -0.39 is 0 Å². The van der Waals surface area contributed by atoms with Gasteiger partial charge in [0.05, 0.1) is 0 Å².